The molecule has 1 fully saturated rings. The monoisotopic (exact) mass is 326 g/mol. The molecule has 0 bridgehead atoms. The summed E-state index contributed by atoms with van der Waals surface area (Å²) in [5, 5.41) is 9.92. The van der Waals surface area contributed by atoms with Gasteiger partial charge in [-0.25, -0.2) is 0 Å². The Morgan fingerprint density at radius 2 is 1.92 bits per heavy atom. The normalized spacial score (nSPS) is 20.8. The van der Waals surface area contributed by atoms with E-state index in [0.717, 1.165) is 11.1 Å². The number of aliphatic hydroxyl groups is 1. The van der Waals surface area contributed by atoms with Crippen molar-refractivity contribution in [2.45, 2.75) is 18.4 Å². The van der Waals surface area contributed by atoms with Crippen LogP contribution < -0.4 is 0 Å². The van der Waals surface area contributed by atoms with E-state index in [1.165, 1.54) is 0 Å². The second-order valence-electron chi connectivity index (χ2n) is 6.20. The zero-order valence-corrected chi connectivity index (χ0v) is 13.6. The first-order valence-electron chi connectivity index (χ1n) is 8.16. The Morgan fingerprint density at radius 3 is 2.62 bits per heavy atom. The van der Waals surface area contributed by atoms with E-state index in [9.17, 15) is 9.90 Å². The molecule has 0 saturated carbocycles. The van der Waals surface area contributed by atoms with Crippen molar-refractivity contribution in [1.29, 1.82) is 0 Å². The van der Waals surface area contributed by atoms with Crippen LogP contribution in [-0.4, -0.2) is 52.8 Å². The van der Waals surface area contributed by atoms with E-state index in [0.29, 0.717) is 32.5 Å². The number of carbonyl (C=O) groups is 1. The number of aliphatic hydroxyl groups excluding tert-OH is 1. The highest BCUT2D eigenvalue weighted by molar-refractivity contribution is 5.79. The van der Waals surface area contributed by atoms with Gasteiger partial charge in [-0.2, -0.15) is 0 Å². The molecule has 0 radical (unpaired) electrons. The third-order valence-electron chi connectivity index (χ3n) is 4.36. The summed E-state index contributed by atoms with van der Waals surface area (Å²) in [6, 6.07) is 13.6. The molecule has 126 valence electrons. The minimum absolute atomic E-state index is 0.0513. The summed E-state index contributed by atoms with van der Waals surface area (Å²) in [7, 11) is 0. The van der Waals surface area contributed by atoms with Gasteiger partial charge < -0.3 is 14.7 Å². The Bertz CT molecular complexity index is 663. The molecule has 1 aliphatic rings. The van der Waals surface area contributed by atoms with Crippen molar-refractivity contribution in [2.24, 2.45) is 0 Å². The van der Waals surface area contributed by atoms with Gasteiger partial charge in [-0.15, -0.1) is 0 Å². The van der Waals surface area contributed by atoms with Crippen LogP contribution in [0.4, 0.5) is 0 Å². The summed E-state index contributed by atoms with van der Waals surface area (Å²) in [6.07, 6.45) is 4.31. The van der Waals surface area contributed by atoms with Crippen LogP contribution in [0.3, 0.4) is 0 Å². The lowest BCUT2D eigenvalue weighted by Crippen LogP contribution is -2.57. The second kappa shape index (κ2) is 7.55. The van der Waals surface area contributed by atoms with E-state index in [-0.39, 0.29) is 12.5 Å². The molecule has 5 heteroatoms. The quantitative estimate of drug-likeness (QED) is 0.903. The van der Waals surface area contributed by atoms with Crippen LogP contribution in [0.1, 0.15) is 11.1 Å². The maximum absolute atomic E-state index is 12.6. The van der Waals surface area contributed by atoms with Gasteiger partial charge in [0.25, 0.3) is 0 Å². The summed E-state index contributed by atoms with van der Waals surface area (Å²) in [6.45, 7) is 1.29. The number of ether oxygens (including phenoxy) is 1. The highest BCUT2D eigenvalue weighted by Crippen LogP contribution is 2.23. The lowest BCUT2D eigenvalue weighted by molar-refractivity contribution is -0.157. The van der Waals surface area contributed by atoms with Crippen LogP contribution in [0.25, 0.3) is 0 Å². The van der Waals surface area contributed by atoms with E-state index in [4.69, 9.17) is 4.74 Å². The predicted octanol–water partition coefficient (Wildman–Crippen LogP) is 1.46. The number of rotatable bonds is 5. The van der Waals surface area contributed by atoms with E-state index < -0.39 is 5.60 Å². The molecule has 0 unspecified atom stereocenters. The van der Waals surface area contributed by atoms with Crippen molar-refractivity contribution in [3.05, 3.63) is 66.0 Å². The number of hydrogen-bond donors (Lipinski definition) is 1. The smallest absolute Gasteiger partial charge is 0.227 e. The maximum Gasteiger partial charge on any atom is 0.227 e. The number of amides is 1. The number of morpholine rings is 1. The van der Waals surface area contributed by atoms with Crippen LogP contribution in [0.5, 0.6) is 0 Å². The van der Waals surface area contributed by atoms with Crippen LogP contribution in [0, 0.1) is 0 Å². The first kappa shape index (κ1) is 16.6. The van der Waals surface area contributed by atoms with Crippen LogP contribution in [-0.2, 0) is 22.4 Å². The molecule has 1 atom stereocenters. The molecule has 0 aliphatic carbocycles. The summed E-state index contributed by atoms with van der Waals surface area (Å²) in [4.78, 5) is 18.4. The third-order valence-corrected chi connectivity index (χ3v) is 4.36. The average molecular weight is 326 g/mol. The van der Waals surface area contributed by atoms with Gasteiger partial charge in [-0.1, -0.05) is 30.3 Å². The molecular formula is C19H22N2O3. The van der Waals surface area contributed by atoms with E-state index in [1.54, 1.807) is 17.3 Å². The van der Waals surface area contributed by atoms with Crippen molar-refractivity contribution < 1.29 is 14.6 Å². The first-order chi connectivity index (χ1) is 11.7. The molecule has 1 amide bonds. The second-order valence-corrected chi connectivity index (χ2v) is 6.20. The third kappa shape index (κ3) is 3.99. The molecular weight excluding hydrogens is 304 g/mol. The van der Waals surface area contributed by atoms with Gasteiger partial charge in [0.15, 0.2) is 0 Å². The topological polar surface area (TPSA) is 62.7 Å². The largest absolute Gasteiger partial charge is 0.393 e. The summed E-state index contributed by atoms with van der Waals surface area (Å²) in [5.41, 5.74) is 1.31. The van der Waals surface area contributed by atoms with Crippen molar-refractivity contribution in [3.8, 4) is 0 Å². The molecule has 1 N–H and O–H groups in total. The van der Waals surface area contributed by atoms with Crippen molar-refractivity contribution >= 4 is 5.91 Å². The highest BCUT2D eigenvalue weighted by Gasteiger charge is 2.38. The lowest BCUT2D eigenvalue weighted by atomic mass is 9.93. The van der Waals surface area contributed by atoms with Gasteiger partial charge in [-0.05, 0) is 23.3 Å². The summed E-state index contributed by atoms with van der Waals surface area (Å²) >= 11 is 0. The fourth-order valence-electron chi connectivity index (χ4n) is 3.07. The Balaban J connectivity index is 1.68. The Hall–Kier alpha value is -2.24. The van der Waals surface area contributed by atoms with Crippen molar-refractivity contribution in [2.75, 3.05) is 26.3 Å². The van der Waals surface area contributed by atoms with Gasteiger partial charge in [0.1, 0.15) is 5.60 Å². The standard InChI is InChI=1S/C19H22N2O3/c22-15-19(13-17-4-2-1-3-5-17)14-21(10-11-24-19)18(23)12-16-6-8-20-9-7-16/h1-9,22H,10-15H2/t19-/m1/s1. The van der Waals surface area contributed by atoms with Gasteiger partial charge >= 0.3 is 0 Å². The zero-order chi connectivity index (χ0) is 16.8. The molecule has 3 rings (SSSR count). The highest BCUT2D eigenvalue weighted by atomic mass is 16.5. The number of carbonyl (C=O) groups excluding carboxylic acids is 1. The number of pyridine rings is 1. The van der Waals surface area contributed by atoms with Crippen LogP contribution in [0.15, 0.2) is 54.9 Å². The average Bonchev–Trinajstić information content (AvgIpc) is 2.63. The zero-order valence-electron chi connectivity index (χ0n) is 13.6. The van der Waals surface area contributed by atoms with Gasteiger partial charge in [0.05, 0.1) is 26.2 Å². The van der Waals surface area contributed by atoms with Gasteiger partial charge in [0, 0.05) is 25.4 Å². The number of hydrogen-bond acceptors (Lipinski definition) is 4. The first-order valence-corrected chi connectivity index (χ1v) is 8.16. The molecule has 0 spiro atoms. The summed E-state index contributed by atoms with van der Waals surface area (Å²) in [5.74, 6) is 0.0513. The Kier molecular flexibility index (Phi) is 5.23. The molecule has 24 heavy (non-hydrogen) atoms. The SMILES string of the molecule is O=C(Cc1ccncc1)N1CCO[C@](CO)(Cc2ccccc2)C1. The van der Waals surface area contributed by atoms with Crippen molar-refractivity contribution in [1.82, 2.24) is 9.88 Å². The predicted molar refractivity (Wildman–Crippen MR) is 90.4 cm³/mol. The van der Waals surface area contributed by atoms with Crippen LogP contribution in [0.2, 0.25) is 0 Å². The molecule has 2 aromatic rings. The fraction of sp³-hybridized carbons (Fsp3) is 0.368. The summed E-state index contributed by atoms with van der Waals surface area (Å²) < 4.78 is 5.90. The fourth-order valence-corrected chi connectivity index (χ4v) is 3.07. The van der Waals surface area contributed by atoms with Gasteiger partial charge in [0.2, 0.25) is 5.91 Å². The van der Waals surface area contributed by atoms with E-state index in [1.807, 2.05) is 42.5 Å². The minimum atomic E-state index is -0.729. The molecule has 1 aromatic heterocycles. The van der Waals surface area contributed by atoms with Crippen molar-refractivity contribution in [3.63, 3.8) is 0 Å². The minimum Gasteiger partial charge on any atom is -0.393 e. The number of benzene rings is 1. The molecule has 5 nitrogen and oxygen atoms in total. The lowest BCUT2D eigenvalue weighted by Gasteiger charge is -2.42. The number of nitrogens with zero attached hydrogens (tertiary/aromatic N) is 2. The Morgan fingerprint density at radius 1 is 1.17 bits per heavy atom. The molecule has 1 aliphatic heterocycles. The van der Waals surface area contributed by atoms with E-state index >= 15 is 0 Å². The van der Waals surface area contributed by atoms with Gasteiger partial charge in [-0.3, -0.25) is 9.78 Å². The maximum atomic E-state index is 12.6. The molecule has 2 heterocycles. The van der Waals surface area contributed by atoms with E-state index in [2.05, 4.69) is 4.98 Å². The number of aromatic nitrogens is 1. The molecule has 1 saturated heterocycles. The Labute approximate surface area is 141 Å². The van der Waals surface area contributed by atoms with Crippen LogP contribution >= 0.6 is 0 Å². The molecule has 1 aromatic carbocycles.